The summed E-state index contributed by atoms with van der Waals surface area (Å²) in [6.07, 6.45) is 1.12. The van der Waals surface area contributed by atoms with E-state index in [0.29, 0.717) is 41.3 Å². The topological polar surface area (TPSA) is 72.2 Å². The van der Waals surface area contributed by atoms with E-state index in [1.807, 2.05) is 45.0 Å². The van der Waals surface area contributed by atoms with E-state index in [-0.39, 0.29) is 22.9 Å². The van der Waals surface area contributed by atoms with Crippen LogP contribution in [-0.4, -0.2) is 16.7 Å². The lowest BCUT2D eigenvalue weighted by Crippen LogP contribution is -2.26. The van der Waals surface area contributed by atoms with Crippen LogP contribution in [0.25, 0.3) is 11.3 Å². The van der Waals surface area contributed by atoms with Crippen molar-refractivity contribution < 1.29 is 14.0 Å². The van der Waals surface area contributed by atoms with Gasteiger partial charge in [0, 0.05) is 33.9 Å². The molecule has 1 aliphatic rings. The lowest BCUT2D eigenvalue weighted by Gasteiger charge is -2.27. The number of thiazole rings is 1. The maximum absolute atomic E-state index is 12.8. The largest absolute Gasteiger partial charge is 0.455 e. The van der Waals surface area contributed by atoms with Gasteiger partial charge in [0.15, 0.2) is 11.5 Å². The molecular formula is C23H23ClN2O3S. The van der Waals surface area contributed by atoms with E-state index < -0.39 is 0 Å². The van der Waals surface area contributed by atoms with Crippen molar-refractivity contribution in [2.45, 2.75) is 47.1 Å². The van der Waals surface area contributed by atoms with Crippen LogP contribution in [0, 0.1) is 19.3 Å². The van der Waals surface area contributed by atoms with E-state index in [9.17, 15) is 9.59 Å². The fourth-order valence-electron chi connectivity index (χ4n) is 3.94. The molecule has 0 spiro atoms. The molecule has 0 fully saturated rings. The summed E-state index contributed by atoms with van der Waals surface area (Å²) < 4.78 is 5.84. The number of ketones is 1. The van der Waals surface area contributed by atoms with Crippen LogP contribution in [0.1, 0.15) is 62.4 Å². The summed E-state index contributed by atoms with van der Waals surface area (Å²) in [6, 6.07) is 7.53. The van der Waals surface area contributed by atoms with Gasteiger partial charge < -0.3 is 9.73 Å². The number of rotatable bonds is 4. The maximum atomic E-state index is 12.8. The zero-order valence-corrected chi connectivity index (χ0v) is 19.0. The molecule has 5 nitrogen and oxygen atoms in total. The van der Waals surface area contributed by atoms with Gasteiger partial charge in [0.1, 0.15) is 10.8 Å². The lowest BCUT2D eigenvalue weighted by atomic mass is 9.76. The highest BCUT2D eigenvalue weighted by Crippen LogP contribution is 2.38. The number of halogens is 1. The van der Waals surface area contributed by atoms with Crippen molar-refractivity contribution in [3.8, 4) is 11.3 Å². The minimum Gasteiger partial charge on any atom is -0.455 e. The van der Waals surface area contributed by atoms with Crippen LogP contribution >= 0.6 is 22.9 Å². The van der Waals surface area contributed by atoms with Crippen molar-refractivity contribution in [2.75, 3.05) is 0 Å². The van der Waals surface area contributed by atoms with E-state index in [1.165, 1.54) is 11.3 Å². The average Bonchev–Trinajstić information content (AvgIpc) is 3.19. The molecule has 0 saturated carbocycles. The van der Waals surface area contributed by atoms with Crippen LogP contribution in [0.4, 0.5) is 0 Å². The van der Waals surface area contributed by atoms with Crippen molar-refractivity contribution in [1.29, 1.82) is 0 Å². The molecule has 0 atom stereocenters. The number of hydrogen-bond acceptors (Lipinski definition) is 5. The predicted octanol–water partition coefficient (Wildman–Crippen LogP) is 5.76. The minimum atomic E-state index is -0.326. The lowest BCUT2D eigenvalue weighted by molar-refractivity contribution is 0.0888. The third kappa shape index (κ3) is 3.94. The minimum absolute atomic E-state index is 0.0460. The number of Topliss-reactive ketones (excluding diaryl/α,β-unsaturated/α-hetero) is 1. The first-order valence-corrected chi connectivity index (χ1v) is 11.0. The second-order valence-corrected chi connectivity index (χ2v) is 10.2. The predicted molar refractivity (Wildman–Crippen MR) is 118 cm³/mol. The number of carbonyl (C=O) groups is 2. The van der Waals surface area contributed by atoms with Gasteiger partial charge in [-0.25, -0.2) is 4.98 Å². The highest BCUT2D eigenvalue weighted by atomic mass is 35.5. The Morgan fingerprint density at radius 1 is 1.23 bits per heavy atom. The van der Waals surface area contributed by atoms with Gasteiger partial charge in [-0.05, 0) is 31.4 Å². The number of carbonyl (C=O) groups excluding carboxylic acids is 2. The summed E-state index contributed by atoms with van der Waals surface area (Å²) in [5, 5.41) is 4.37. The Hall–Kier alpha value is -2.44. The van der Waals surface area contributed by atoms with Gasteiger partial charge in [-0.1, -0.05) is 37.6 Å². The van der Waals surface area contributed by atoms with Crippen molar-refractivity contribution >= 4 is 34.6 Å². The van der Waals surface area contributed by atoms with Crippen LogP contribution in [0.3, 0.4) is 0 Å². The van der Waals surface area contributed by atoms with Crippen LogP contribution in [0.5, 0.6) is 0 Å². The summed E-state index contributed by atoms with van der Waals surface area (Å²) in [5.41, 5.74) is 2.92. The van der Waals surface area contributed by atoms with Crippen molar-refractivity contribution in [1.82, 2.24) is 10.3 Å². The van der Waals surface area contributed by atoms with Crippen LogP contribution < -0.4 is 5.32 Å². The Kier molecular flexibility index (Phi) is 5.32. The highest BCUT2D eigenvalue weighted by molar-refractivity contribution is 7.12. The molecular weight excluding hydrogens is 420 g/mol. The highest BCUT2D eigenvalue weighted by Gasteiger charge is 2.37. The number of benzene rings is 1. The number of nitrogens with zero attached hydrogens (tertiary/aromatic N) is 1. The number of nitrogens with one attached hydrogen (secondary N) is 1. The Morgan fingerprint density at radius 3 is 2.63 bits per heavy atom. The molecule has 1 aliphatic carbocycles. The van der Waals surface area contributed by atoms with Crippen molar-refractivity contribution in [3.05, 3.63) is 61.8 Å². The van der Waals surface area contributed by atoms with Crippen LogP contribution in [-0.2, 0) is 13.0 Å². The van der Waals surface area contributed by atoms with Gasteiger partial charge in [0.2, 0.25) is 0 Å². The molecule has 2 heterocycles. The Balaban J connectivity index is 1.51. The van der Waals surface area contributed by atoms with E-state index in [4.69, 9.17) is 16.0 Å². The van der Waals surface area contributed by atoms with Gasteiger partial charge >= 0.3 is 0 Å². The standard InChI is InChI=1S/C23H23ClN2O3S/c1-12-19-16(27)9-23(3,4)10-17(19)29-21(12)22(28)25-11-18-26-20(13(2)30-18)14-5-7-15(24)8-6-14/h5-8H,9-11H2,1-4H3,(H,25,28). The molecule has 2 aromatic heterocycles. The average molecular weight is 443 g/mol. The maximum Gasteiger partial charge on any atom is 0.287 e. The molecule has 1 N–H and O–H groups in total. The molecule has 1 amide bonds. The molecule has 0 radical (unpaired) electrons. The number of aromatic nitrogens is 1. The molecule has 0 bridgehead atoms. The van der Waals surface area contributed by atoms with Gasteiger partial charge in [-0.3, -0.25) is 9.59 Å². The zero-order chi connectivity index (χ0) is 21.6. The first kappa shape index (κ1) is 20.8. The van der Waals surface area contributed by atoms with E-state index in [0.717, 1.165) is 21.1 Å². The number of furan rings is 1. The molecule has 0 aliphatic heterocycles. The Labute approximate surface area is 184 Å². The molecule has 1 aromatic carbocycles. The van der Waals surface area contributed by atoms with Crippen LogP contribution in [0.15, 0.2) is 28.7 Å². The van der Waals surface area contributed by atoms with E-state index >= 15 is 0 Å². The summed E-state index contributed by atoms with van der Waals surface area (Å²) in [5.74, 6) is 0.560. The second kappa shape index (κ2) is 7.67. The van der Waals surface area contributed by atoms with Crippen LogP contribution in [0.2, 0.25) is 5.02 Å². The molecule has 7 heteroatoms. The van der Waals surface area contributed by atoms with Gasteiger partial charge in [-0.2, -0.15) is 0 Å². The Bertz CT molecular complexity index is 1140. The van der Waals surface area contributed by atoms with E-state index in [2.05, 4.69) is 10.3 Å². The molecule has 3 aromatic rings. The van der Waals surface area contributed by atoms with Crippen molar-refractivity contribution in [3.63, 3.8) is 0 Å². The molecule has 4 rings (SSSR count). The van der Waals surface area contributed by atoms with Gasteiger partial charge in [-0.15, -0.1) is 11.3 Å². The summed E-state index contributed by atoms with van der Waals surface area (Å²) in [4.78, 5) is 31.0. The summed E-state index contributed by atoms with van der Waals surface area (Å²) in [6.45, 7) is 8.15. The number of aryl methyl sites for hydroxylation is 1. The van der Waals surface area contributed by atoms with Gasteiger partial charge in [0.05, 0.1) is 17.8 Å². The molecule has 30 heavy (non-hydrogen) atoms. The zero-order valence-electron chi connectivity index (χ0n) is 17.4. The Morgan fingerprint density at radius 2 is 1.93 bits per heavy atom. The SMILES string of the molecule is Cc1sc(CNC(=O)c2oc3c(c2C)C(=O)CC(C)(C)C3)nc1-c1ccc(Cl)cc1. The second-order valence-electron chi connectivity index (χ2n) is 8.50. The molecule has 156 valence electrons. The summed E-state index contributed by atoms with van der Waals surface area (Å²) >= 11 is 7.51. The first-order chi connectivity index (χ1) is 14.1. The number of fused-ring (bicyclic) bond motifs is 1. The normalized spacial score (nSPS) is 15.2. The quantitative estimate of drug-likeness (QED) is 0.557. The van der Waals surface area contributed by atoms with Crippen molar-refractivity contribution in [2.24, 2.45) is 5.41 Å². The number of hydrogen-bond donors (Lipinski definition) is 1. The molecule has 0 unspecified atom stereocenters. The summed E-state index contributed by atoms with van der Waals surface area (Å²) in [7, 11) is 0. The third-order valence-corrected chi connectivity index (χ3v) is 6.56. The third-order valence-electron chi connectivity index (χ3n) is 5.34. The van der Waals surface area contributed by atoms with Gasteiger partial charge in [0.25, 0.3) is 5.91 Å². The monoisotopic (exact) mass is 442 g/mol. The fraction of sp³-hybridized carbons (Fsp3) is 0.348. The molecule has 0 saturated heterocycles. The smallest absolute Gasteiger partial charge is 0.287 e. The number of amides is 1. The fourth-order valence-corrected chi connectivity index (χ4v) is 4.96. The van der Waals surface area contributed by atoms with E-state index in [1.54, 1.807) is 6.92 Å². The first-order valence-electron chi connectivity index (χ1n) is 9.80.